The van der Waals surface area contributed by atoms with Gasteiger partial charge in [0.15, 0.2) is 5.82 Å². The molecular weight excluding hydrogens is 276 g/mol. The molecule has 0 aliphatic carbocycles. The Labute approximate surface area is 131 Å². The fraction of sp³-hybridized carbons (Fsp3) is 0.625. The van der Waals surface area contributed by atoms with Crippen molar-refractivity contribution in [3.8, 4) is 0 Å². The second-order valence-corrected chi connectivity index (χ2v) is 6.39. The molecule has 0 bridgehead atoms. The summed E-state index contributed by atoms with van der Waals surface area (Å²) in [6, 6.07) is 0. The largest absolute Gasteiger partial charge is 0.313 e. The van der Waals surface area contributed by atoms with Gasteiger partial charge in [0.2, 0.25) is 0 Å². The van der Waals surface area contributed by atoms with Crippen LogP contribution in [0, 0.1) is 0 Å². The van der Waals surface area contributed by atoms with Gasteiger partial charge in [0, 0.05) is 25.1 Å². The van der Waals surface area contributed by atoms with E-state index >= 15 is 0 Å². The van der Waals surface area contributed by atoms with E-state index in [9.17, 15) is 0 Å². The molecule has 0 unspecified atom stereocenters. The van der Waals surface area contributed by atoms with Gasteiger partial charge < -0.3 is 4.57 Å². The molecule has 2 aromatic heterocycles. The summed E-state index contributed by atoms with van der Waals surface area (Å²) in [4.78, 5) is 0. The van der Waals surface area contributed by atoms with Gasteiger partial charge in [0.05, 0.1) is 5.69 Å². The van der Waals surface area contributed by atoms with Gasteiger partial charge >= 0.3 is 0 Å². The van der Waals surface area contributed by atoms with E-state index in [0.29, 0.717) is 12.5 Å². The van der Waals surface area contributed by atoms with E-state index in [2.05, 4.69) is 51.9 Å². The molecule has 22 heavy (non-hydrogen) atoms. The van der Waals surface area contributed by atoms with Crippen LogP contribution in [0.15, 0.2) is 17.8 Å². The Morgan fingerprint density at radius 2 is 2.18 bits per heavy atom. The van der Waals surface area contributed by atoms with Crippen LogP contribution in [-0.4, -0.2) is 29.8 Å². The molecular formula is C16H24N6. The molecule has 3 rings (SSSR count). The third-order valence-corrected chi connectivity index (χ3v) is 4.20. The molecule has 0 aromatic carbocycles. The van der Waals surface area contributed by atoms with Crippen molar-refractivity contribution in [2.75, 3.05) is 0 Å². The predicted octanol–water partition coefficient (Wildman–Crippen LogP) is 2.71. The standard InChI is InChI=1S/C16H24N6/c1-12(2)6-4-7-13(3)14-10-21(20-17-14)11-16-19-18-15-8-5-9-22(15)16/h6,10,13H,4-5,7-9,11H2,1-3H3/t13-/m0/s1. The van der Waals surface area contributed by atoms with E-state index < -0.39 is 0 Å². The number of aryl methyl sites for hydroxylation is 1. The van der Waals surface area contributed by atoms with E-state index in [0.717, 1.165) is 43.1 Å². The Morgan fingerprint density at radius 3 is 3.00 bits per heavy atom. The molecule has 1 atom stereocenters. The molecule has 0 spiro atoms. The molecule has 0 fully saturated rings. The second kappa shape index (κ2) is 6.42. The lowest BCUT2D eigenvalue weighted by Gasteiger charge is -2.05. The van der Waals surface area contributed by atoms with Crippen molar-refractivity contribution in [3.05, 3.63) is 35.2 Å². The zero-order valence-electron chi connectivity index (χ0n) is 13.7. The summed E-state index contributed by atoms with van der Waals surface area (Å²) in [5.41, 5.74) is 2.43. The van der Waals surface area contributed by atoms with Gasteiger partial charge in [-0.2, -0.15) is 0 Å². The lowest BCUT2D eigenvalue weighted by molar-refractivity contribution is 0.586. The summed E-state index contributed by atoms with van der Waals surface area (Å²) >= 11 is 0. The number of rotatable bonds is 6. The second-order valence-electron chi connectivity index (χ2n) is 6.39. The summed E-state index contributed by atoms with van der Waals surface area (Å²) in [5, 5.41) is 17.1. The smallest absolute Gasteiger partial charge is 0.154 e. The lowest BCUT2D eigenvalue weighted by atomic mass is 10.0. The lowest BCUT2D eigenvalue weighted by Crippen LogP contribution is -2.08. The molecule has 0 radical (unpaired) electrons. The van der Waals surface area contributed by atoms with Gasteiger partial charge in [0.25, 0.3) is 0 Å². The van der Waals surface area contributed by atoms with E-state index in [1.165, 1.54) is 12.0 Å². The van der Waals surface area contributed by atoms with Crippen molar-refractivity contribution in [2.24, 2.45) is 0 Å². The fourth-order valence-electron chi connectivity index (χ4n) is 2.86. The van der Waals surface area contributed by atoms with Crippen LogP contribution in [0.2, 0.25) is 0 Å². The van der Waals surface area contributed by atoms with Crippen LogP contribution >= 0.6 is 0 Å². The normalized spacial score (nSPS) is 14.9. The highest BCUT2D eigenvalue weighted by atomic mass is 15.4. The molecule has 6 nitrogen and oxygen atoms in total. The number of aromatic nitrogens is 6. The Bertz CT molecular complexity index is 662. The molecule has 2 aromatic rings. The van der Waals surface area contributed by atoms with E-state index in [4.69, 9.17) is 0 Å². The SMILES string of the molecule is CC(C)=CCC[C@H](C)c1cn(Cc2nnc3n2CCC3)nn1. The van der Waals surface area contributed by atoms with Crippen molar-refractivity contribution in [3.63, 3.8) is 0 Å². The van der Waals surface area contributed by atoms with Crippen LogP contribution in [0.1, 0.15) is 63.3 Å². The van der Waals surface area contributed by atoms with Gasteiger partial charge in [-0.1, -0.05) is 23.8 Å². The van der Waals surface area contributed by atoms with Gasteiger partial charge in [-0.3, -0.25) is 0 Å². The van der Waals surface area contributed by atoms with Crippen molar-refractivity contribution < 1.29 is 0 Å². The van der Waals surface area contributed by atoms with Crippen LogP contribution in [0.5, 0.6) is 0 Å². The Balaban J connectivity index is 1.62. The summed E-state index contributed by atoms with van der Waals surface area (Å²) < 4.78 is 4.09. The first-order chi connectivity index (χ1) is 10.6. The van der Waals surface area contributed by atoms with E-state index in [-0.39, 0.29) is 0 Å². The molecule has 0 saturated carbocycles. The molecule has 118 valence electrons. The van der Waals surface area contributed by atoms with Gasteiger partial charge in [-0.05, 0) is 33.1 Å². The van der Waals surface area contributed by atoms with Crippen molar-refractivity contribution in [1.29, 1.82) is 0 Å². The van der Waals surface area contributed by atoms with Crippen LogP contribution < -0.4 is 0 Å². The number of nitrogens with zero attached hydrogens (tertiary/aromatic N) is 6. The molecule has 3 heterocycles. The Kier molecular flexibility index (Phi) is 4.36. The number of allylic oxidation sites excluding steroid dienone is 2. The van der Waals surface area contributed by atoms with Crippen LogP contribution in [0.4, 0.5) is 0 Å². The minimum Gasteiger partial charge on any atom is -0.313 e. The highest BCUT2D eigenvalue weighted by molar-refractivity contribution is 5.05. The Morgan fingerprint density at radius 1 is 1.32 bits per heavy atom. The van der Waals surface area contributed by atoms with Gasteiger partial charge in [-0.25, -0.2) is 4.68 Å². The van der Waals surface area contributed by atoms with Crippen molar-refractivity contribution >= 4 is 0 Å². The first-order valence-electron chi connectivity index (χ1n) is 8.08. The summed E-state index contributed by atoms with van der Waals surface area (Å²) in [6.07, 6.45) is 8.72. The highest BCUT2D eigenvalue weighted by Crippen LogP contribution is 2.19. The third kappa shape index (κ3) is 3.26. The molecule has 0 N–H and O–H groups in total. The first-order valence-corrected chi connectivity index (χ1v) is 8.08. The maximum atomic E-state index is 4.32. The highest BCUT2D eigenvalue weighted by Gasteiger charge is 2.18. The van der Waals surface area contributed by atoms with E-state index in [1.807, 2.05) is 10.9 Å². The number of hydrogen-bond acceptors (Lipinski definition) is 4. The first kappa shape index (κ1) is 14.9. The van der Waals surface area contributed by atoms with Crippen molar-refractivity contribution in [1.82, 2.24) is 29.8 Å². The van der Waals surface area contributed by atoms with Crippen LogP contribution in [0.3, 0.4) is 0 Å². The van der Waals surface area contributed by atoms with Crippen LogP contribution in [0.25, 0.3) is 0 Å². The fourth-order valence-corrected chi connectivity index (χ4v) is 2.86. The molecule has 6 heteroatoms. The van der Waals surface area contributed by atoms with Crippen molar-refractivity contribution in [2.45, 2.75) is 65.5 Å². The zero-order valence-corrected chi connectivity index (χ0v) is 13.7. The van der Waals surface area contributed by atoms with Gasteiger partial charge in [0.1, 0.15) is 12.4 Å². The quantitative estimate of drug-likeness (QED) is 0.770. The predicted molar refractivity (Wildman–Crippen MR) is 84.5 cm³/mol. The maximum Gasteiger partial charge on any atom is 0.154 e. The number of hydrogen-bond donors (Lipinski definition) is 0. The zero-order chi connectivity index (χ0) is 15.5. The third-order valence-electron chi connectivity index (χ3n) is 4.20. The topological polar surface area (TPSA) is 61.4 Å². The summed E-state index contributed by atoms with van der Waals surface area (Å²) in [6.45, 7) is 8.16. The molecule has 0 amide bonds. The average Bonchev–Trinajstić information content (AvgIpc) is 3.17. The minimum atomic E-state index is 0.425. The monoisotopic (exact) mass is 300 g/mol. The average molecular weight is 300 g/mol. The maximum absolute atomic E-state index is 4.32. The van der Waals surface area contributed by atoms with Gasteiger partial charge in [-0.15, -0.1) is 15.3 Å². The minimum absolute atomic E-state index is 0.425. The van der Waals surface area contributed by atoms with Crippen LogP contribution in [-0.2, 0) is 19.5 Å². The summed E-state index contributed by atoms with van der Waals surface area (Å²) in [7, 11) is 0. The molecule has 1 aliphatic heterocycles. The molecule has 0 saturated heterocycles. The summed E-state index contributed by atoms with van der Waals surface area (Å²) in [5.74, 6) is 2.51. The number of fused-ring (bicyclic) bond motifs is 1. The molecule has 1 aliphatic rings. The van der Waals surface area contributed by atoms with E-state index in [1.54, 1.807) is 0 Å². The Hall–Kier alpha value is -1.98.